The summed E-state index contributed by atoms with van der Waals surface area (Å²) in [7, 11) is 0. The van der Waals surface area contributed by atoms with Gasteiger partial charge in [0.25, 0.3) is 11.8 Å². The molecule has 1 amide bonds. The normalized spacial score (nSPS) is 11.8. The van der Waals surface area contributed by atoms with Crippen molar-refractivity contribution in [2.24, 2.45) is 0 Å². The number of nitrogens with one attached hydrogen (secondary N) is 1. The molecule has 2 heterocycles. The first-order chi connectivity index (χ1) is 18.8. The lowest BCUT2D eigenvalue weighted by Gasteiger charge is -2.15. The van der Waals surface area contributed by atoms with Gasteiger partial charge in [-0.25, -0.2) is 9.18 Å². The van der Waals surface area contributed by atoms with Crippen molar-refractivity contribution in [3.8, 4) is 34.2 Å². The molecule has 0 saturated heterocycles. The Hall–Kier alpha value is -5.05. The molecule has 0 saturated carbocycles. The molecule has 0 unspecified atom stereocenters. The number of carboxylic acids is 1. The predicted octanol–water partition coefficient (Wildman–Crippen LogP) is 5.85. The van der Waals surface area contributed by atoms with Crippen molar-refractivity contribution in [3.63, 3.8) is 0 Å². The molecule has 39 heavy (non-hydrogen) atoms. The van der Waals surface area contributed by atoms with Crippen molar-refractivity contribution < 1.29 is 28.0 Å². The number of hydrogen-bond donors (Lipinski definition) is 2. The minimum atomic E-state index is -1.28. The summed E-state index contributed by atoms with van der Waals surface area (Å²) < 4.78 is 25.9. The van der Waals surface area contributed by atoms with Crippen molar-refractivity contribution in [2.75, 3.05) is 0 Å². The van der Waals surface area contributed by atoms with E-state index < -0.39 is 23.7 Å². The third-order valence-electron chi connectivity index (χ3n) is 6.19. The van der Waals surface area contributed by atoms with E-state index in [2.05, 4.69) is 15.5 Å². The van der Waals surface area contributed by atoms with Crippen LogP contribution in [-0.2, 0) is 11.2 Å². The lowest BCUT2D eigenvalue weighted by Crippen LogP contribution is -2.42. The minimum absolute atomic E-state index is 0.0735. The highest BCUT2D eigenvalue weighted by Gasteiger charge is 2.23. The third-order valence-corrected chi connectivity index (χ3v) is 6.19. The summed E-state index contributed by atoms with van der Waals surface area (Å²) in [6.45, 7) is 3.78. The predicted molar refractivity (Wildman–Crippen MR) is 141 cm³/mol. The van der Waals surface area contributed by atoms with E-state index in [4.69, 9.17) is 8.94 Å². The Balaban J connectivity index is 1.30. The quantitative estimate of drug-likeness (QED) is 0.261. The van der Waals surface area contributed by atoms with Gasteiger partial charge in [0.05, 0.1) is 5.56 Å². The summed E-state index contributed by atoms with van der Waals surface area (Å²) in [4.78, 5) is 29.1. The Labute approximate surface area is 223 Å². The van der Waals surface area contributed by atoms with E-state index >= 15 is 4.39 Å². The molecule has 5 rings (SSSR count). The van der Waals surface area contributed by atoms with Crippen molar-refractivity contribution in [3.05, 3.63) is 107 Å². The standard InChI is InChI=1S/C30H24FN3O5/c1-17-6-10-20(11-7-17)29-33-27(34-39-29)23-12-9-19(14-24(23)31)15-25(30(36)37)32-28(35)22-5-3-4-21(16-22)26-13-8-18(2)38-26/h3-14,16,25H,15H2,1-2H3,(H,32,35)(H,36,37)/t25-/m1/s1. The molecule has 8 nitrogen and oxygen atoms in total. The van der Waals surface area contributed by atoms with Gasteiger partial charge in [-0.15, -0.1) is 0 Å². The van der Waals surface area contributed by atoms with Crippen LogP contribution in [0.15, 0.2) is 87.8 Å². The average molecular weight is 526 g/mol. The molecular weight excluding hydrogens is 501 g/mol. The van der Waals surface area contributed by atoms with E-state index in [0.717, 1.165) is 11.3 Å². The van der Waals surface area contributed by atoms with Gasteiger partial charge in [-0.3, -0.25) is 4.79 Å². The van der Waals surface area contributed by atoms with Crippen LogP contribution in [0.4, 0.5) is 4.39 Å². The summed E-state index contributed by atoms with van der Waals surface area (Å²) in [5, 5.41) is 16.1. The first-order valence-electron chi connectivity index (χ1n) is 12.2. The molecule has 0 radical (unpaired) electrons. The number of benzene rings is 3. The molecule has 2 aromatic heterocycles. The SMILES string of the molecule is Cc1ccc(-c2nc(-c3ccc(C[C@@H](NC(=O)c4cccc(-c5ccc(C)o5)c4)C(=O)O)cc3F)no2)cc1. The van der Waals surface area contributed by atoms with Crippen molar-refractivity contribution in [1.82, 2.24) is 15.5 Å². The van der Waals surface area contributed by atoms with Crippen molar-refractivity contribution in [2.45, 2.75) is 26.3 Å². The Morgan fingerprint density at radius 1 is 0.974 bits per heavy atom. The number of furan rings is 1. The number of hydrogen-bond acceptors (Lipinski definition) is 6. The zero-order valence-corrected chi connectivity index (χ0v) is 21.1. The maximum atomic E-state index is 15.0. The molecule has 0 aliphatic carbocycles. The van der Waals surface area contributed by atoms with Gasteiger partial charge in [0.1, 0.15) is 23.4 Å². The number of aromatic nitrogens is 2. The fourth-order valence-corrected chi connectivity index (χ4v) is 4.09. The molecular formula is C30H24FN3O5. The lowest BCUT2D eigenvalue weighted by atomic mass is 10.0. The smallest absolute Gasteiger partial charge is 0.326 e. The Bertz CT molecular complexity index is 1660. The van der Waals surface area contributed by atoms with E-state index in [1.807, 2.05) is 44.2 Å². The second-order valence-corrected chi connectivity index (χ2v) is 9.16. The molecule has 0 aliphatic heterocycles. The van der Waals surface area contributed by atoms with Gasteiger partial charge in [0.15, 0.2) is 0 Å². The zero-order valence-electron chi connectivity index (χ0n) is 21.1. The van der Waals surface area contributed by atoms with E-state index in [-0.39, 0.29) is 29.3 Å². The number of carbonyl (C=O) groups is 2. The molecule has 1 atom stereocenters. The van der Waals surface area contributed by atoms with E-state index in [9.17, 15) is 14.7 Å². The van der Waals surface area contributed by atoms with Crippen LogP contribution < -0.4 is 5.32 Å². The Kier molecular flexibility index (Phi) is 7.05. The van der Waals surface area contributed by atoms with Gasteiger partial charge in [-0.05, 0) is 67.9 Å². The van der Waals surface area contributed by atoms with Gasteiger partial charge < -0.3 is 19.4 Å². The third kappa shape index (κ3) is 5.77. The number of aliphatic carboxylic acids is 1. The highest BCUT2D eigenvalue weighted by molar-refractivity contribution is 5.97. The van der Waals surface area contributed by atoms with Crippen molar-refractivity contribution >= 4 is 11.9 Å². The first kappa shape index (κ1) is 25.6. The number of aryl methyl sites for hydroxylation is 2. The second kappa shape index (κ2) is 10.7. The summed E-state index contributed by atoms with van der Waals surface area (Å²) >= 11 is 0. The van der Waals surface area contributed by atoms with E-state index in [1.165, 1.54) is 12.1 Å². The molecule has 9 heteroatoms. The highest BCUT2D eigenvalue weighted by Crippen LogP contribution is 2.26. The van der Waals surface area contributed by atoms with Crippen LogP contribution in [0, 0.1) is 19.7 Å². The maximum absolute atomic E-state index is 15.0. The summed E-state index contributed by atoms with van der Waals surface area (Å²) in [6.07, 6.45) is -0.129. The number of rotatable bonds is 8. The number of nitrogens with zero attached hydrogens (tertiary/aromatic N) is 2. The van der Waals surface area contributed by atoms with Gasteiger partial charge in [0, 0.05) is 23.1 Å². The number of amides is 1. The van der Waals surface area contributed by atoms with Crippen LogP contribution in [0.3, 0.4) is 0 Å². The van der Waals surface area contributed by atoms with E-state index in [0.29, 0.717) is 22.5 Å². The van der Waals surface area contributed by atoms with Crippen LogP contribution >= 0.6 is 0 Å². The molecule has 196 valence electrons. The van der Waals surface area contributed by atoms with Crippen molar-refractivity contribution in [1.29, 1.82) is 0 Å². The zero-order chi connectivity index (χ0) is 27.5. The molecule has 5 aromatic rings. The first-order valence-corrected chi connectivity index (χ1v) is 12.2. The molecule has 2 N–H and O–H groups in total. The molecule has 0 aliphatic rings. The number of halogens is 1. The van der Waals surface area contributed by atoms with Gasteiger partial charge in [0.2, 0.25) is 5.82 Å². The topological polar surface area (TPSA) is 118 Å². The average Bonchev–Trinajstić information content (AvgIpc) is 3.58. The van der Waals surface area contributed by atoms with Crippen LogP contribution in [0.25, 0.3) is 34.2 Å². The van der Waals surface area contributed by atoms with Crippen LogP contribution in [0.2, 0.25) is 0 Å². The second-order valence-electron chi connectivity index (χ2n) is 9.16. The summed E-state index contributed by atoms with van der Waals surface area (Å²) in [5.74, 6) is -0.792. The molecule has 0 bridgehead atoms. The molecule has 3 aromatic carbocycles. The van der Waals surface area contributed by atoms with Gasteiger partial charge in [-0.2, -0.15) is 4.98 Å². The maximum Gasteiger partial charge on any atom is 0.326 e. The molecule has 0 spiro atoms. The largest absolute Gasteiger partial charge is 0.480 e. The fraction of sp³-hybridized carbons (Fsp3) is 0.133. The number of carbonyl (C=O) groups excluding carboxylic acids is 1. The highest BCUT2D eigenvalue weighted by atomic mass is 19.1. The fourth-order valence-electron chi connectivity index (χ4n) is 4.09. The van der Waals surface area contributed by atoms with Crippen LogP contribution in [0.1, 0.15) is 27.2 Å². The van der Waals surface area contributed by atoms with Crippen LogP contribution in [0.5, 0.6) is 0 Å². The van der Waals surface area contributed by atoms with E-state index in [1.54, 1.807) is 36.4 Å². The Morgan fingerprint density at radius 3 is 2.46 bits per heavy atom. The van der Waals surface area contributed by atoms with Crippen LogP contribution in [-0.4, -0.2) is 33.2 Å². The summed E-state index contributed by atoms with van der Waals surface area (Å²) in [6, 6.07) is 20.7. The lowest BCUT2D eigenvalue weighted by molar-refractivity contribution is -0.139. The monoisotopic (exact) mass is 525 g/mol. The number of carboxylic acid groups (broad SMARTS) is 1. The van der Waals surface area contributed by atoms with Gasteiger partial charge >= 0.3 is 5.97 Å². The van der Waals surface area contributed by atoms with Gasteiger partial charge in [-0.1, -0.05) is 41.1 Å². The minimum Gasteiger partial charge on any atom is -0.480 e. The molecule has 0 fully saturated rings. The Morgan fingerprint density at radius 2 is 1.77 bits per heavy atom. The summed E-state index contributed by atoms with van der Waals surface area (Å²) in [5.41, 5.74) is 3.24.